The van der Waals surface area contributed by atoms with E-state index in [0.717, 1.165) is 0 Å². The number of hydrogen-bond donors (Lipinski definition) is 0. The molecule has 1 aromatic carbocycles. The maximum atomic E-state index is 12.7. The Bertz CT molecular complexity index is 415. The molecule has 0 aliphatic rings. The van der Waals surface area contributed by atoms with E-state index in [9.17, 15) is 16.7 Å². The number of rotatable bonds is 3. The molecule has 0 aliphatic heterocycles. The van der Waals surface area contributed by atoms with Gasteiger partial charge in [0, 0.05) is 0 Å². The van der Waals surface area contributed by atoms with Crippen LogP contribution >= 0.6 is 0 Å². The van der Waals surface area contributed by atoms with Gasteiger partial charge in [0.2, 0.25) is 0 Å². The number of benzene rings is 1. The van der Waals surface area contributed by atoms with E-state index in [4.69, 9.17) is 0 Å². The number of hydrogen-bond acceptors (Lipinski definition) is 2. The van der Waals surface area contributed by atoms with Crippen molar-refractivity contribution >= 4 is 10.2 Å². The van der Waals surface area contributed by atoms with Gasteiger partial charge in [0.1, 0.15) is 5.82 Å². The molecule has 0 fully saturated rings. The molecule has 0 aliphatic carbocycles. The lowest BCUT2D eigenvalue weighted by Crippen LogP contribution is -2.07. The summed E-state index contributed by atoms with van der Waals surface area (Å²) in [6.45, 7) is 1.53. The summed E-state index contributed by atoms with van der Waals surface area (Å²) in [5.74, 6) is -1.61. The van der Waals surface area contributed by atoms with Crippen molar-refractivity contribution in [2.45, 2.75) is 12.8 Å². The van der Waals surface area contributed by atoms with Crippen molar-refractivity contribution in [2.75, 3.05) is 5.75 Å². The van der Waals surface area contributed by atoms with Crippen LogP contribution in [0.2, 0.25) is 0 Å². The van der Waals surface area contributed by atoms with E-state index in [2.05, 4.69) is 0 Å². The van der Waals surface area contributed by atoms with Gasteiger partial charge in [0.15, 0.2) is 0 Å². The molecule has 0 heterocycles. The van der Waals surface area contributed by atoms with Crippen molar-refractivity contribution in [3.8, 4) is 0 Å². The fourth-order valence-corrected chi connectivity index (χ4v) is 2.00. The van der Waals surface area contributed by atoms with Gasteiger partial charge in [-0.25, -0.2) is 4.39 Å². The second-order valence-corrected chi connectivity index (χ2v) is 4.57. The molecule has 1 atom stereocenters. The van der Waals surface area contributed by atoms with Crippen LogP contribution in [0.5, 0.6) is 0 Å². The van der Waals surface area contributed by atoms with E-state index in [1.807, 2.05) is 0 Å². The van der Waals surface area contributed by atoms with Crippen molar-refractivity contribution < 1.29 is 16.7 Å². The Labute approximate surface area is 81.8 Å². The maximum Gasteiger partial charge on any atom is 0.303 e. The first kappa shape index (κ1) is 11.1. The lowest BCUT2D eigenvalue weighted by atomic mass is 10.0. The second-order valence-electron chi connectivity index (χ2n) is 3.16. The van der Waals surface area contributed by atoms with Crippen molar-refractivity contribution in [1.29, 1.82) is 0 Å². The predicted molar refractivity (Wildman–Crippen MR) is 49.7 cm³/mol. The molecular weight excluding hydrogens is 210 g/mol. The molecule has 78 valence electrons. The van der Waals surface area contributed by atoms with Crippen molar-refractivity contribution in [3.63, 3.8) is 0 Å². The van der Waals surface area contributed by atoms with E-state index in [0.29, 0.717) is 5.56 Å². The van der Waals surface area contributed by atoms with Crippen LogP contribution in [0.25, 0.3) is 0 Å². The van der Waals surface area contributed by atoms with Crippen LogP contribution in [0.1, 0.15) is 18.4 Å². The van der Waals surface area contributed by atoms with Gasteiger partial charge in [-0.1, -0.05) is 19.1 Å². The first-order chi connectivity index (χ1) is 6.38. The highest BCUT2D eigenvalue weighted by molar-refractivity contribution is 7.86. The summed E-state index contributed by atoms with van der Waals surface area (Å²) in [7, 11) is -4.51. The zero-order valence-electron chi connectivity index (χ0n) is 7.57. The minimum absolute atomic E-state index is 0.453. The first-order valence-electron chi connectivity index (χ1n) is 4.06. The maximum absolute atomic E-state index is 12.7. The topological polar surface area (TPSA) is 34.1 Å². The molecule has 0 N–H and O–H groups in total. The second kappa shape index (κ2) is 4.04. The summed E-state index contributed by atoms with van der Waals surface area (Å²) >= 11 is 0. The molecule has 1 aromatic rings. The molecule has 2 nitrogen and oxygen atoms in total. The van der Waals surface area contributed by atoms with Crippen LogP contribution in [-0.4, -0.2) is 14.2 Å². The monoisotopic (exact) mass is 220 g/mol. The fourth-order valence-electron chi connectivity index (χ4n) is 1.21. The van der Waals surface area contributed by atoms with Gasteiger partial charge in [-0.2, -0.15) is 8.42 Å². The van der Waals surface area contributed by atoms with Gasteiger partial charge in [-0.05, 0) is 23.6 Å². The minimum atomic E-state index is -4.51. The Morgan fingerprint density at radius 1 is 1.43 bits per heavy atom. The molecule has 0 aromatic heterocycles. The largest absolute Gasteiger partial charge is 0.303 e. The van der Waals surface area contributed by atoms with Crippen molar-refractivity contribution in [2.24, 2.45) is 0 Å². The third kappa shape index (κ3) is 3.41. The minimum Gasteiger partial charge on any atom is -0.207 e. The van der Waals surface area contributed by atoms with Crippen LogP contribution in [0, 0.1) is 5.82 Å². The van der Waals surface area contributed by atoms with Gasteiger partial charge in [-0.15, -0.1) is 3.89 Å². The lowest BCUT2D eigenvalue weighted by molar-refractivity contribution is 0.546. The van der Waals surface area contributed by atoms with Gasteiger partial charge >= 0.3 is 10.2 Å². The summed E-state index contributed by atoms with van der Waals surface area (Å²) < 4.78 is 45.7. The SMILES string of the molecule is CC(CS(=O)(=O)F)c1cccc(F)c1. The third-order valence-corrected chi connectivity index (χ3v) is 2.76. The highest BCUT2D eigenvalue weighted by Crippen LogP contribution is 2.18. The molecule has 0 bridgehead atoms. The van der Waals surface area contributed by atoms with E-state index < -0.39 is 27.7 Å². The molecule has 0 saturated carbocycles. The van der Waals surface area contributed by atoms with Crippen molar-refractivity contribution in [1.82, 2.24) is 0 Å². The van der Waals surface area contributed by atoms with Gasteiger partial charge < -0.3 is 0 Å². The van der Waals surface area contributed by atoms with Gasteiger partial charge in [0.25, 0.3) is 0 Å². The summed E-state index contributed by atoms with van der Waals surface area (Å²) in [5.41, 5.74) is 0.478. The molecule has 0 spiro atoms. The standard InChI is InChI=1S/C9H10F2O2S/c1-7(6-14(11,12)13)8-3-2-4-9(10)5-8/h2-5,7H,6H2,1H3. The molecule has 0 saturated heterocycles. The average Bonchev–Trinajstić information content (AvgIpc) is 2.01. The zero-order chi connectivity index (χ0) is 10.8. The Kier molecular flexibility index (Phi) is 3.21. The Morgan fingerprint density at radius 3 is 2.57 bits per heavy atom. The van der Waals surface area contributed by atoms with Gasteiger partial charge in [-0.3, -0.25) is 0 Å². The van der Waals surface area contributed by atoms with Crippen LogP contribution in [0.4, 0.5) is 8.28 Å². The number of halogens is 2. The highest BCUT2D eigenvalue weighted by Gasteiger charge is 2.15. The summed E-state index contributed by atoms with van der Waals surface area (Å²) in [6.07, 6.45) is 0. The Balaban J connectivity index is 2.85. The molecule has 0 radical (unpaired) electrons. The van der Waals surface area contributed by atoms with E-state index in [-0.39, 0.29) is 0 Å². The van der Waals surface area contributed by atoms with Gasteiger partial charge in [0.05, 0.1) is 5.75 Å². The third-order valence-electron chi connectivity index (χ3n) is 1.87. The quantitative estimate of drug-likeness (QED) is 0.732. The van der Waals surface area contributed by atoms with E-state index in [1.54, 1.807) is 6.07 Å². The first-order valence-corrected chi connectivity index (χ1v) is 5.61. The summed E-state index contributed by atoms with van der Waals surface area (Å²) in [5, 5.41) is 0. The van der Waals surface area contributed by atoms with Crippen LogP contribution in [0.15, 0.2) is 24.3 Å². The van der Waals surface area contributed by atoms with E-state index >= 15 is 0 Å². The Morgan fingerprint density at radius 2 is 2.07 bits per heavy atom. The average molecular weight is 220 g/mol. The van der Waals surface area contributed by atoms with Crippen molar-refractivity contribution in [3.05, 3.63) is 35.6 Å². The van der Waals surface area contributed by atoms with E-state index in [1.165, 1.54) is 25.1 Å². The molecule has 5 heteroatoms. The zero-order valence-corrected chi connectivity index (χ0v) is 8.39. The molecule has 0 amide bonds. The molecular formula is C9H10F2O2S. The predicted octanol–water partition coefficient (Wildman–Crippen LogP) is 2.23. The van der Waals surface area contributed by atoms with Crippen LogP contribution in [-0.2, 0) is 10.2 Å². The lowest BCUT2D eigenvalue weighted by Gasteiger charge is -2.08. The smallest absolute Gasteiger partial charge is 0.207 e. The highest BCUT2D eigenvalue weighted by atomic mass is 32.3. The Hall–Kier alpha value is -0.970. The molecule has 1 unspecified atom stereocenters. The fraction of sp³-hybridized carbons (Fsp3) is 0.333. The summed E-state index contributed by atoms with van der Waals surface area (Å²) in [6, 6.07) is 5.49. The van der Waals surface area contributed by atoms with Crippen LogP contribution in [0.3, 0.4) is 0 Å². The normalized spacial score (nSPS) is 13.9. The summed E-state index contributed by atoms with van der Waals surface area (Å²) in [4.78, 5) is 0. The molecule has 14 heavy (non-hydrogen) atoms. The van der Waals surface area contributed by atoms with Crippen LogP contribution < -0.4 is 0 Å². The molecule has 1 rings (SSSR count).